The number of hydrogen-bond acceptors (Lipinski definition) is 1. The second kappa shape index (κ2) is 27.6. The predicted octanol–water partition coefficient (Wildman–Crippen LogP) is 11.5. The van der Waals surface area contributed by atoms with Gasteiger partial charge in [-0.15, -0.1) is 11.6 Å². The van der Waals surface area contributed by atoms with E-state index >= 15 is 0 Å². The Hall–Kier alpha value is -0.0100. The minimum Gasteiger partial charge on any atom is -0.392 e. The predicted molar refractivity (Wildman–Crippen MR) is 156 cm³/mol. The first kappa shape index (κ1) is 34.0. The molecule has 0 fully saturated rings. The van der Waals surface area contributed by atoms with E-state index in [9.17, 15) is 5.11 Å². The Balaban J connectivity index is 3.72. The highest BCUT2D eigenvalue weighted by Gasteiger charge is 2.22. The zero-order valence-corrected chi connectivity index (χ0v) is 24.4. The van der Waals surface area contributed by atoms with Crippen molar-refractivity contribution in [3.05, 3.63) is 12.2 Å². The Morgan fingerprint density at radius 3 is 1.21 bits per heavy atom. The molecule has 204 valence electrons. The van der Waals surface area contributed by atoms with Gasteiger partial charge >= 0.3 is 0 Å². The molecule has 0 aromatic rings. The van der Waals surface area contributed by atoms with Crippen LogP contribution in [-0.2, 0) is 0 Å². The van der Waals surface area contributed by atoms with Gasteiger partial charge in [-0.3, -0.25) is 0 Å². The van der Waals surface area contributed by atoms with E-state index in [1.807, 2.05) is 6.92 Å². The molecule has 0 aliphatic rings. The molecule has 0 aliphatic heterocycles. The lowest BCUT2D eigenvalue weighted by atomic mass is 9.89. The summed E-state index contributed by atoms with van der Waals surface area (Å²) in [5, 5.41) is 9.95. The molecule has 0 rings (SSSR count). The number of halogens is 1. The van der Waals surface area contributed by atoms with Crippen molar-refractivity contribution in [3.63, 3.8) is 0 Å². The van der Waals surface area contributed by atoms with E-state index in [1.54, 1.807) is 0 Å². The van der Waals surface area contributed by atoms with Crippen LogP contribution in [0.2, 0.25) is 0 Å². The topological polar surface area (TPSA) is 20.2 Å². The lowest BCUT2D eigenvalue weighted by Crippen LogP contribution is -2.26. The van der Waals surface area contributed by atoms with Crippen molar-refractivity contribution in [2.24, 2.45) is 5.92 Å². The van der Waals surface area contributed by atoms with Crippen LogP contribution in [0.25, 0.3) is 0 Å². The smallest absolute Gasteiger partial charge is 0.0678 e. The van der Waals surface area contributed by atoms with Crippen molar-refractivity contribution in [2.45, 2.75) is 186 Å². The van der Waals surface area contributed by atoms with Gasteiger partial charge in [0.2, 0.25) is 0 Å². The van der Waals surface area contributed by atoms with Crippen LogP contribution in [-0.4, -0.2) is 16.6 Å². The summed E-state index contributed by atoms with van der Waals surface area (Å²) in [6.07, 6.45) is 36.7. The van der Waals surface area contributed by atoms with Crippen LogP contribution in [0.15, 0.2) is 12.2 Å². The second-order valence-electron chi connectivity index (χ2n) is 10.9. The fourth-order valence-corrected chi connectivity index (χ4v) is 5.30. The summed E-state index contributed by atoms with van der Waals surface area (Å²) >= 11 is 6.60. The lowest BCUT2D eigenvalue weighted by Gasteiger charge is -2.24. The second-order valence-corrected chi connectivity index (χ2v) is 11.4. The highest BCUT2D eigenvalue weighted by atomic mass is 35.5. The molecular weight excluding hydrogens is 436 g/mol. The fourth-order valence-electron chi connectivity index (χ4n) is 5.05. The first-order chi connectivity index (χ1) is 16.6. The van der Waals surface area contributed by atoms with Gasteiger partial charge in [-0.1, -0.05) is 142 Å². The van der Waals surface area contributed by atoms with Gasteiger partial charge < -0.3 is 5.11 Å². The number of hydrogen-bond donors (Lipinski definition) is 1. The normalized spacial score (nSPS) is 14.6. The van der Waals surface area contributed by atoms with Gasteiger partial charge in [0.1, 0.15) is 0 Å². The zero-order chi connectivity index (χ0) is 25.1. The third-order valence-electron chi connectivity index (χ3n) is 7.43. The minimum absolute atomic E-state index is 0.0801. The number of rotatable bonds is 27. The summed E-state index contributed by atoms with van der Waals surface area (Å²) in [6, 6.07) is 0. The number of aliphatic hydroxyl groups is 1. The SMILES string of the molecule is CCCCCCCC/C=C\CCCCCCC(CCCCCCCCCCCC)C(Cl)C(C)O. The van der Waals surface area contributed by atoms with E-state index < -0.39 is 6.10 Å². The minimum atomic E-state index is -0.397. The zero-order valence-electron chi connectivity index (χ0n) is 23.7. The summed E-state index contributed by atoms with van der Waals surface area (Å²) in [6.45, 7) is 6.43. The first-order valence-corrected chi connectivity index (χ1v) is 16.0. The van der Waals surface area contributed by atoms with Crippen LogP contribution in [0, 0.1) is 5.92 Å². The van der Waals surface area contributed by atoms with Crippen LogP contribution in [0.1, 0.15) is 175 Å². The maximum atomic E-state index is 10.0. The largest absolute Gasteiger partial charge is 0.392 e. The van der Waals surface area contributed by atoms with Crippen LogP contribution >= 0.6 is 11.6 Å². The molecule has 1 N–H and O–H groups in total. The van der Waals surface area contributed by atoms with E-state index in [1.165, 1.54) is 154 Å². The molecule has 0 amide bonds. The van der Waals surface area contributed by atoms with Gasteiger partial charge in [-0.2, -0.15) is 0 Å². The molecule has 2 heteroatoms. The summed E-state index contributed by atoms with van der Waals surface area (Å²) in [7, 11) is 0. The van der Waals surface area contributed by atoms with Crippen molar-refractivity contribution in [1.82, 2.24) is 0 Å². The van der Waals surface area contributed by atoms with Crippen molar-refractivity contribution in [3.8, 4) is 0 Å². The average Bonchev–Trinajstić information content (AvgIpc) is 2.83. The first-order valence-electron chi connectivity index (χ1n) is 15.6. The maximum absolute atomic E-state index is 10.0. The molecule has 0 spiro atoms. The molecule has 3 unspecified atom stereocenters. The molecule has 0 aliphatic carbocycles. The van der Waals surface area contributed by atoms with Gasteiger partial charge in [0.25, 0.3) is 0 Å². The van der Waals surface area contributed by atoms with E-state index in [0.717, 1.165) is 0 Å². The Labute approximate surface area is 220 Å². The molecule has 0 aromatic heterocycles. The summed E-state index contributed by atoms with van der Waals surface area (Å²) in [5.41, 5.74) is 0. The Morgan fingerprint density at radius 1 is 0.529 bits per heavy atom. The van der Waals surface area contributed by atoms with Crippen molar-refractivity contribution < 1.29 is 5.11 Å². The molecular formula is C32H63ClO. The molecule has 0 saturated carbocycles. The molecule has 3 atom stereocenters. The molecule has 34 heavy (non-hydrogen) atoms. The molecule has 0 saturated heterocycles. The molecule has 0 aromatic carbocycles. The quantitative estimate of drug-likeness (QED) is 0.0677. The Kier molecular flexibility index (Phi) is 27.6. The van der Waals surface area contributed by atoms with Crippen LogP contribution < -0.4 is 0 Å². The highest BCUT2D eigenvalue weighted by Crippen LogP contribution is 2.27. The molecule has 1 nitrogen and oxygen atoms in total. The van der Waals surface area contributed by atoms with Gasteiger partial charge in [0, 0.05) is 0 Å². The van der Waals surface area contributed by atoms with E-state index in [0.29, 0.717) is 5.92 Å². The average molecular weight is 499 g/mol. The van der Waals surface area contributed by atoms with Gasteiger partial charge in [-0.25, -0.2) is 0 Å². The van der Waals surface area contributed by atoms with Crippen LogP contribution in [0.5, 0.6) is 0 Å². The molecule has 0 heterocycles. The van der Waals surface area contributed by atoms with Crippen molar-refractivity contribution in [1.29, 1.82) is 0 Å². The number of alkyl halides is 1. The van der Waals surface area contributed by atoms with Crippen molar-refractivity contribution in [2.75, 3.05) is 0 Å². The summed E-state index contributed by atoms with van der Waals surface area (Å²) < 4.78 is 0. The number of allylic oxidation sites excluding steroid dienone is 2. The summed E-state index contributed by atoms with van der Waals surface area (Å²) in [4.78, 5) is 0. The maximum Gasteiger partial charge on any atom is 0.0678 e. The van der Waals surface area contributed by atoms with Gasteiger partial charge in [0.15, 0.2) is 0 Å². The Bertz CT molecular complexity index is 406. The van der Waals surface area contributed by atoms with E-state index in [-0.39, 0.29) is 5.38 Å². The standard InChI is InChI=1S/C32H63ClO/c1-4-6-8-10-12-14-16-17-18-19-21-23-25-27-29-31(32(33)30(3)34)28-26-24-22-20-15-13-11-9-7-5-2/h17-18,30-32,34H,4-16,19-29H2,1-3H3/b18-17-. The van der Waals surface area contributed by atoms with Gasteiger partial charge in [-0.05, 0) is 51.4 Å². The summed E-state index contributed by atoms with van der Waals surface area (Å²) in [5.74, 6) is 0.480. The highest BCUT2D eigenvalue weighted by molar-refractivity contribution is 6.21. The monoisotopic (exact) mass is 498 g/mol. The number of unbranched alkanes of at least 4 members (excludes halogenated alkanes) is 19. The van der Waals surface area contributed by atoms with Crippen LogP contribution in [0.4, 0.5) is 0 Å². The lowest BCUT2D eigenvalue weighted by molar-refractivity contribution is 0.157. The third-order valence-corrected chi connectivity index (χ3v) is 8.15. The number of aliphatic hydroxyl groups excluding tert-OH is 1. The van der Waals surface area contributed by atoms with E-state index in [4.69, 9.17) is 11.6 Å². The Morgan fingerprint density at radius 2 is 0.853 bits per heavy atom. The van der Waals surface area contributed by atoms with E-state index in [2.05, 4.69) is 26.0 Å². The van der Waals surface area contributed by atoms with Crippen molar-refractivity contribution >= 4 is 11.6 Å². The molecule has 0 bridgehead atoms. The van der Waals surface area contributed by atoms with Crippen LogP contribution in [0.3, 0.4) is 0 Å². The third kappa shape index (κ3) is 23.7. The fraction of sp³-hybridized carbons (Fsp3) is 0.938. The van der Waals surface area contributed by atoms with Gasteiger partial charge in [0.05, 0.1) is 11.5 Å². The molecule has 0 radical (unpaired) electrons.